The van der Waals surface area contributed by atoms with E-state index < -0.39 is 0 Å². The molecule has 2 rings (SSSR count). The fourth-order valence-corrected chi connectivity index (χ4v) is 2.27. The van der Waals surface area contributed by atoms with E-state index in [0.717, 1.165) is 22.9 Å². The Hall–Kier alpha value is -1.75. The van der Waals surface area contributed by atoms with Gasteiger partial charge in [-0.3, -0.25) is 4.98 Å². The molecule has 4 nitrogen and oxygen atoms in total. The molecule has 0 radical (unpaired) electrons. The Morgan fingerprint density at radius 1 is 0.952 bits per heavy atom. The van der Waals surface area contributed by atoms with Gasteiger partial charge in [0.15, 0.2) is 11.5 Å². The first-order valence-corrected chi connectivity index (χ1v) is 7.78. The van der Waals surface area contributed by atoms with Crippen LogP contribution in [-0.2, 0) is 5.33 Å². The van der Waals surface area contributed by atoms with E-state index in [0.29, 0.717) is 24.3 Å². The molecule has 0 unspecified atom stereocenters. The van der Waals surface area contributed by atoms with Crippen LogP contribution in [0.2, 0.25) is 0 Å². The summed E-state index contributed by atoms with van der Waals surface area (Å²) in [6, 6.07) is 11.4. The molecular weight excluding hydrogens is 334 g/mol. The normalized spacial score (nSPS) is 10.2. The van der Waals surface area contributed by atoms with Crippen molar-refractivity contribution >= 4 is 15.9 Å². The van der Waals surface area contributed by atoms with E-state index in [1.165, 1.54) is 0 Å². The first-order valence-electron chi connectivity index (χ1n) is 6.65. The maximum atomic E-state index is 5.72. The van der Waals surface area contributed by atoms with E-state index in [1.807, 2.05) is 43.3 Å². The van der Waals surface area contributed by atoms with Gasteiger partial charge in [0.25, 0.3) is 0 Å². The van der Waals surface area contributed by atoms with Crippen molar-refractivity contribution in [2.24, 2.45) is 0 Å². The van der Waals surface area contributed by atoms with E-state index in [4.69, 9.17) is 14.2 Å². The molecule has 0 aliphatic rings. The highest BCUT2D eigenvalue weighted by atomic mass is 79.9. The lowest BCUT2D eigenvalue weighted by molar-refractivity contribution is 0.210. The van der Waals surface area contributed by atoms with Crippen molar-refractivity contribution in [2.45, 2.75) is 12.3 Å². The molecular formula is C16H18BrNO3. The van der Waals surface area contributed by atoms with Crippen molar-refractivity contribution in [2.75, 3.05) is 20.3 Å². The maximum absolute atomic E-state index is 5.72. The summed E-state index contributed by atoms with van der Waals surface area (Å²) in [6.45, 7) is 2.85. The number of hydrogen-bond donors (Lipinski definition) is 0. The van der Waals surface area contributed by atoms with Gasteiger partial charge in [-0.15, -0.1) is 0 Å². The fourth-order valence-electron chi connectivity index (χ4n) is 1.87. The summed E-state index contributed by atoms with van der Waals surface area (Å²) in [5, 5.41) is 0.664. The summed E-state index contributed by atoms with van der Waals surface area (Å²) in [4.78, 5) is 4.42. The molecule has 0 aliphatic carbocycles. The van der Waals surface area contributed by atoms with Gasteiger partial charge in [-0.05, 0) is 31.2 Å². The molecule has 1 aromatic carbocycles. The largest absolute Gasteiger partial charge is 0.493 e. The van der Waals surface area contributed by atoms with Crippen molar-refractivity contribution in [3.05, 3.63) is 47.8 Å². The van der Waals surface area contributed by atoms with E-state index in [1.54, 1.807) is 7.11 Å². The van der Waals surface area contributed by atoms with Gasteiger partial charge in [0.05, 0.1) is 12.8 Å². The van der Waals surface area contributed by atoms with Crippen molar-refractivity contribution in [3.63, 3.8) is 0 Å². The average Bonchev–Trinajstić information content (AvgIpc) is 2.52. The van der Waals surface area contributed by atoms with Gasteiger partial charge in [-0.1, -0.05) is 28.1 Å². The molecule has 0 N–H and O–H groups in total. The standard InChI is InChI=1S/C16H18BrNO3/c1-12-7-8-14(13(11-17)18-12)20-9-10-21-16-6-4-3-5-15(16)19-2/h3-8H,9-11H2,1-2H3. The summed E-state index contributed by atoms with van der Waals surface area (Å²) in [7, 11) is 1.62. The predicted octanol–water partition coefficient (Wildman–Crippen LogP) is 3.75. The Morgan fingerprint density at radius 2 is 1.62 bits per heavy atom. The summed E-state index contributed by atoms with van der Waals surface area (Å²) in [5.74, 6) is 2.21. The number of aromatic nitrogens is 1. The smallest absolute Gasteiger partial charge is 0.161 e. The molecule has 1 aromatic heterocycles. The zero-order valence-corrected chi connectivity index (χ0v) is 13.7. The van der Waals surface area contributed by atoms with E-state index in [9.17, 15) is 0 Å². The maximum Gasteiger partial charge on any atom is 0.161 e. The number of alkyl halides is 1. The second kappa shape index (κ2) is 7.88. The predicted molar refractivity (Wildman–Crippen MR) is 85.6 cm³/mol. The second-order valence-electron chi connectivity index (χ2n) is 4.38. The molecule has 2 aromatic rings. The van der Waals surface area contributed by atoms with E-state index in [-0.39, 0.29) is 0 Å². The first-order chi connectivity index (χ1) is 10.2. The third kappa shape index (κ3) is 4.36. The number of para-hydroxylation sites is 2. The number of hydrogen-bond acceptors (Lipinski definition) is 4. The fraction of sp³-hybridized carbons (Fsp3) is 0.312. The molecule has 0 saturated carbocycles. The highest BCUT2D eigenvalue weighted by Crippen LogP contribution is 2.25. The van der Waals surface area contributed by atoms with Gasteiger partial charge >= 0.3 is 0 Å². The van der Waals surface area contributed by atoms with Gasteiger partial charge in [-0.2, -0.15) is 0 Å². The zero-order chi connectivity index (χ0) is 15.1. The van der Waals surface area contributed by atoms with Crippen LogP contribution in [0.3, 0.4) is 0 Å². The van der Waals surface area contributed by atoms with E-state index >= 15 is 0 Å². The number of methoxy groups -OCH3 is 1. The van der Waals surface area contributed by atoms with Crippen LogP contribution in [0.4, 0.5) is 0 Å². The van der Waals surface area contributed by atoms with Gasteiger partial charge in [0.1, 0.15) is 19.0 Å². The highest BCUT2D eigenvalue weighted by Gasteiger charge is 2.06. The monoisotopic (exact) mass is 351 g/mol. The molecule has 0 aliphatic heterocycles. The van der Waals surface area contributed by atoms with Crippen LogP contribution in [0, 0.1) is 6.92 Å². The van der Waals surface area contributed by atoms with E-state index in [2.05, 4.69) is 20.9 Å². The summed E-state index contributed by atoms with van der Waals surface area (Å²) < 4.78 is 16.6. The summed E-state index contributed by atoms with van der Waals surface area (Å²) >= 11 is 3.42. The minimum Gasteiger partial charge on any atom is -0.493 e. The number of pyridine rings is 1. The third-order valence-corrected chi connectivity index (χ3v) is 3.40. The molecule has 0 fully saturated rings. The van der Waals surface area contributed by atoms with Crippen LogP contribution in [0.5, 0.6) is 17.2 Å². The number of halogens is 1. The van der Waals surface area contributed by atoms with Crippen molar-refractivity contribution in [1.82, 2.24) is 4.98 Å². The van der Waals surface area contributed by atoms with Crippen molar-refractivity contribution < 1.29 is 14.2 Å². The SMILES string of the molecule is COc1ccccc1OCCOc1ccc(C)nc1CBr. The summed E-state index contributed by atoms with van der Waals surface area (Å²) in [5.41, 5.74) is 1.87. The van der Waals surface area contributed by atoms with Crippen LogP contribution < -0.4 is 14.2 Å². The van der Waals surface area contributed by atoms with Crippen LogP contribution >= 0.6 is 15.9 Å². The van der Waals surface area contributed by atoms with Gasteiger partial charge in [0.2, 0.25) is 0 Å². The van der Waals surface area contributed by atoms with Crippen LogP contribution in [-0.4, -0.2) is 25.3 Å². The van der Waals surface area contributed by atoms with Crippen LogP contribution in [0.25, 0.3) is 0 Å². The number of benzene rings is 1. The Morgan fingerprint density at radius 3 is 2.29 bits per heavy atom. The number of aryl methyl sites for hydroxylation is 1. The van der Waals surface area contributed by atoms with Gasteiger partial charge in [-0.25, -0.2) is 0 Å². The molecule has 21 heavy (non-hydrogen) atoms. The molecule has 0 bridgehead atoms. The van der Waals surface area contributed by atoms with Crippen LogP contribution in [0.15, 0.2) is 36.4 Å². The first kappa shape index (κ1) is 15.6. The zero-order valence-electron chi connectivity index (χ0n) is 12.1. The minimum absolute atomic E-state index is 0.440. The minimum atomic E-state index is 0.440. The molecule has 5 heteroatoms. The topological polar surface area (TPSA) is 40.6 Å². The Labute approximate surface area is 133 Å². The van der Waals surface area contributed by atoms with Crippen LogP contribution in [0.1, 0.15) is 11.4 Å². The molecule has 112 valence electrons. The molecule has 0 amide bonds. The molecule has 0 atom stereocenters. The lowest BCUT2D eigenvalue weighted by Gasteiger charge is -2.12. The number of nitrogens with zero attached hydrogens (tertiary/aromatic N) is 1. The average molecular weight is 352 g/mol. The number of rotatable bonds is 7. The molecule has 1 heterocycles. The van der Waals surface area contributed by atoms with Gasteiger partial charge in [0, 0.05) is 11.0 Å². The lowest BCUT2D eigenvalue weighted by atomic mass is 10.3. The lowest BCUT2D eigenvalue weighted by Crippen LogP contribution is -2.10. The van der Waals surface area contributed by atoms with Gasteiger partial charge < -0.3 is 14.2 Å². The Bertz CT molecular complexity index is 589. The number of ether oxygens (including phenoxy) is 3. The Balaban J connectivity index is 1.87. The Kier molecular flexibility index (Phi) is 5.87. The quantitative estimate of drug-likeness (QED) is 0.562. The molecule has 0 saturated heterocycles. The molecule has 0 spiro atoms. The van der Waals surface area contributed by atoms with Crippen molar-refractivity contribution in [3.8, 4) is 17.2 Å². The van der Waals surface area contributed by atoms with Crippen molar-refractivity contribution in [1.29, 1.82) is 0 Å². The highest BCUT2D eigenvalue weighted by molar-refractivity contribution is 9.08. The summed E-state index contributed by atoms with van der Waals surface area (Å²) in [6.07, 6.45) is 0. The third-order valence-electron chi connectivity index (χ3n) is 2.87. The second-order valence-corrected chi connectivity index (χ2v) is 4.94.